The molecule has 8 heteroatoms. The van der Waals surface area contributed by atoms with Gasteiger partial charge in [-0.25, -0.2) is 0 Å². The summed E-state index contributed by atoms with van der Waals surface area (Å²) in [5, 5.41) is 0. The molecule has 8 nitrogen and oxygen atoms in total. The monoisotopic (exact) mass is 334 g/mol. The molecular formula is C15H26O8. The highest BCUT2D eigenvalue weighted by atomic mass is 16.7. The van der Waals surface area contributed by atoms with E-state index in [0.717, 1.165) is 0 Å². The van der Waals surface area contributed by atoms with Crippen LogP contribution in [0.1, 0.15) is 27.7 Å². The lowest BCUT2D eigenvalue weighted by atomic mass is 9.98. The third-order valence-electron chi connectivity index (χ3n) is 3.27. The lowest BCUT2D eigenvalue weighted by molar-refractivity contribution is -0.308. The molecule has 0 unspecified atom stereocenters. The molecule has 1 heterocycles. The summed E-state index contributed by atoms with van der Waals surface area (Å²) in [4.78, 5) is 22.9. The van der Waals surface area contributed by atoms with Gasteiger partial charge < -0.3 is 28.4 Å². The molecule has 0 spiro atoms. The predicted molar refractivity (Wildman–Crippen MR) is 78.7 cm³/mol. The molecule has 0 aromatic rings. The maximum absolute atomic E-state index is 11.5. The smallest absolute Gasteiger partial charge is 0.303 e. The number of rotatable bonds is 8. The van der Waals surface area contributed by atoms with Crippen LogP contribution < -0.4 is 0 Å². The average molecular weight is 334 g/mol. The van der Waals surface area contributed by atoms with Gasteiger partial charge >= 0.3 is 11.9 Å². The van der Waals surface area contributed by atoms with Crippen LogP contribution in [0.25, 0.3) is 0 Å². The second-order valence-electron chi connectivity index (χ2n) is 5.01. The Labute approximate surface area is 136 Å². The van der Waals surface area contributed by atoms with Gasteiger partial charge in [0.25, 0.3) is 0 Å². The standard InChI is InChI=1S/C15H26O8/c1-6-19-8-11-12(21-9(3)16)13(22-10(4)17)14(20-7-2)15(18-5)23-11/h11-15H,6-8H2,1-5H3/t11-,12-,13+,14+,15+/m1/s1. The zero-order valence-corrected chi connectivity index (χ0v) is 14.3. The van der Waals surface area contributed by atoms with Crippen LogP contribution in [-0.2, 0) is 38.0 Å². The normalized spacial score (nSPS) is 30.7. The summed E-state index contributed by atoms with van der Waals surface area (Å²) in [6.07, 6.45) is -3.80. The Hall–Kier alpha value is -1.22. The van der Waals surface area contributed by atoms with E-state index in [1.165, 1.54) is 21.0 Å². The van der Waals surface area contributed by atoms with E-state index >= 15 is 0 Å². The Balaban J connectivity index is 3.08. The molecule has 23 heavy (non-hydrogen) atoms. The average Bonchev–Trinajstić information content (AvgIpc) is 2.48. The summed E-state index contributed by atoms with van der Waals surface area (Å²) in [6.45, 7) is 7.19. The summed E-state index contributed by atoms with van der Waals surface area (Å²) in [6, 6.07) is 0. The maximum atomic E-state index is 11.5. The summed E-state index contributed by atoms with van der Waals surface area (Å²) >= 11 is 0. The van der Waals surface area contributed by atoms with Crippen LogP contribution in [0.4, 0.5) is 0 Å². The van der Waals surface area contributed by atoms with E-state index in [1.54, 1.807) is 6.92 Å². The third kappa shape index (κ3) is 5.72. The zero-order valence-electron chi connectivity index (χ0n) is 14.3. The quantitative estimate of drug-likeness (QED) is 0.598. The fourth-order valence-corrected chi connectivity index (χ4v) is 2.46. The molecule has 0 N–H and O–H groups in total. The molecule has 134 valence electrons. The van der Waals surface area contributed by atoms with Crippen molar-refractivity contribution in [3.05, 3.63) is 0 Å². The molecule has 1 fully saturated rings. The fraction of sp³-hybridized carbons (Fsp3) is 0.867. The molecule has 5 atom stereocenters. The molecule has 1 saturated heterocycles. The van der Waals surface area contributed by atoms with E-state index in [0.29, 0.717) is 13.2 Å². The zero-order chi connectivity index (χ0) is 17.4. The van der Waals surface area contributed by atoms with Crippen LogP contribution in [0, 0.1) is 0 Å². The van der Waals surface area contributed by atoms with Crippen molar-refractivity contribution in [3.8, 4) is 0 Å². The Morgan fingerprint density at radius 1 is 0.957 bits per heavy atom. The minimum atomic E-state index is -0.847. The molecule has 1 aliphatic heterocycles. The minimum absolute atomic E-state index is 0.172. The molecule has 0 aromatic heterocycles. The summed E-state index contributed by atoms with van der Waals surface area (Å²) in [5.41, 5.74) is 0. The second kappa shape index (κ2) is 9.82. The van der Waals surface area contributed by atoms with Crippen LogP contribution in [-0.4, -0.2) is 69.6 Å². The number of carbonyl (C=O) groups is 2. The van der Waals surface area contributed by atoms with Crippen molar-refractivity contribution in [2.24, 2.45) is 0 Å². The highest BCUT2D eigenvalue weighted by molar-refractivity contribution is 5.67. The molecule has 1 aliphatic rings. The predicted octanol–water partition coefficient (Wildman–Crippen LogP) is 0.663. The summed E-state index contributed by atoms with van der Waals surface area (Å²) in [7, 11) is 1.46. The van der Waals surface area contributed by atoms with Crippen LogP contribution >= 0.6 is 0 Å². The van der Waals surface area contributed by atoms with Crippen molar-refractivity contribution < 1.29 is 38.0 Å². The molecule has 0 bridgehead atoms. The van der Waals surface area contributed by atoms with E-state index in [2.05, 4.69) is 0 Å². The molecular weight excluding hydrogens is 308 g/mol. The number of carbonyl (C=O) groups excluding carboxylic acids is 2. The lowest BCUT2D eigenvalue weighted by Gasteiger charge is -2.44. The number of hydrogen-bond donors (Lipinski definition) is 0. The van der Waals surface area contributed by atoms with E-state index in [4.69, 9.17) is 28.4 Å². The van der Waals surface area contributed by atoms with Crippen molar-refractivity contribution in [1.29, 1.82) is 0 Å². The van der Waals surface area contributed by atoms with Gasteiger partial charge in [0.05, 0.1) is 6.61 Å². The summed E-state index contributed by atoms with van der Waals surface area (Å²) < 4.78 is 32.7. The van der Waals surface area contributed by atoms with Gasteiger partial charge in [-0.15, -0.1) is 0 Å². The van der Waals surface area contributed by atoms with E-state index < -0.39 is 42.6 Å². The number of esters is 2. The largest absolute Gasteiger partial charge is 0.456 e. The minimum Gasteiger partial charge on any atom is -0.456 e. The molecule has 0 aliphatic carbocycles. The van der Waals surface area contributed by atoms with Crippen molar-refractivity contribution in [2.75, 3.05) is 26.9 Å². The first-order valence-electron chi connectivity index (χ1n) is 7.66. The van der Waals surface area contributed by atoms with Crippen LogP contribution in [0.5, 0.6) is 0 Å². The van der Waals surface area contributed by atoms with Gasteiger partial charge in [0.1, 0.15) is 12.2 Å². The van der Waals surface area contributed by atoms with Crippen LogP contribution in [0.3, 0.4) is 0 Å². The highest BCUT2D eigenvalue weighted by Gasteiger charge is 2.50. The van der Waals surface area contributed by atoms with E-state index in [1.807, 2.05) is 6.92 Å². The first-order valence-corrected chi connectivity index (χ1v) is 7.66. The Kier molecular flexibility index (Phi) is 8.46. The van der Waals surface area contributed by atoms with Crippen LogP contribution in [0.2, 0.25) is 0 Å². The number of methoxy groups -OCH3 is 1. The Morgan fingerprint density at radius 3 is 2.04 bits per heavy atom. The van der Waals surface area contributed by atoms with Crippen molar-refractivity contribution in [1.82, 2.24) is 0 Å². The molecule has 1 rings (SSSR count). The third-order valence-corrected chi connectivity index (χ3v) is 3.27. The molecule has 0 radical (unpaired) electrons. The molecule has 0 saturated carbocycles. The molecule has 0 aromatic carbocycles. The second-order valence-corrected chi connectivity index (χ2v) is 5.01. The van der Waals surface area contributed by atoms with Crippen LogP contribution in [0.15, 0.2) is 0 Å². The van der Waals surface area contributed by atoms with Gasteiger partial charge in [-0.1, -0.05) is 0 Å². The van der Waals surface area contributed by atoms with Crippen molar-refractivity contribution in [3.63, 3.8) is 0 Å². The lowest BCUT2D eigenvalue weighted by Crippen LogP contribution is -2.62. The van der Waals surface area contributed by atoms with Gasteiger partial charge in [0, 0.05) is 34.2 Å². The van der Waals surface area contributed by atoms with E-state index in [9.17, 15) is 9.59 Å². The van der Waals surface area contributed by atoms with Gasteiger partial charge in [-0.2, -0.15) is 0 Å². The highest BCUT2D eigenvalue weighted by Crippen LogP contribution is 2.29. The fourth-order valence-electron chi connectivity index (χ4n) is 2.46. The first kappa shape index (κ1) is 19.8. The van der Waals surface area contributed by atoms with Crippen molar-refractivity contribution >= 4 is 11.9 Å². The van der Waals surface area contributed by atoms with Gasteiger partial charge in [0.2, 0.25) is 0 Å². The number of hydrogen-bond acceptors (Lipinski definition) is 8. The Morgan fingerprint density at radius 2 is 1.57 bits per heavy atom. The first-order chi connectivity index (χ1) is 10.9. The SMILES string of the molecule is CCOC[C@H]1O[C@H](OC)[C@@H](OCC)[C@@H](OC(C)=O)[C@@H]1OC(C)=O. The van der Waals surface area contributed by atoms with Gasteiger partial charge in [0.15, 0.2) is 18.5 Å². The van der Waals surface area contributed by atoms with Crippen molar-refractivity contribution in [2.45, 2.75) is 58.4 Å². The summed E-state index contributed by atoms with van der Waals surface area (Å²) in [5.74, 6) is -1.02. The molecule has 0 amide bonds. The number of ether oxygens (including phenoxy) is 6. The van der Waals surface area contributed by atoms with Gasteiger partial charge in [-0.3, -0.25) is 9.59 Å². The maximum Gasteiger partial charge on any atom is 0.303 e. The van der Waals surface area contributed by atoms with Gasteiger partial charge in [-0.05, 0) is 13.8 Å². The Bertz CT molecular complexity index is 386. The van der Waals surface area contributed by atoms with E-state index in [-0.39, 0.29) is 6.61 Å². The topological polar surface area (TPSA) is 89.5 Å².